The van der Waals surface area contributed by atoms with E-state index in [1.165, 1.54) is 11.1 Å². The standard InChI is InChI=1S/C28H34N2O5/c1-2-20(27(33)30-15-7-8-19(17-30)13-14-26(31)32)16-29-28(34)35-18-25-23-11-5-3-9-21(23)22-10-4-6-12-24(22)25/h3-6,9-12,19-20,25H,2,7-8,13-18H2,1H3,(H,29,34)(H,31,32). The van der Waals surface area contributed by atoms with Crippen molar-refractivity contribution in [3.8, 4) is 11.1 Å². The van der Waals surface area contributed by atoms with Crippen molar-refractivity contribution >= 4 is 18.0 Å². The van der Waals surface area contributed by atoms with E-state index >= 15 is 0 Å². The maximum absolute atomic E-state index is 13.1. The van der Waals surface area contributed by atoms with Crippen molar-refractivity contribution in [1.82, 2.24) is 10.2 Å². The summed E-state index contributed by atoms with van der Waals surface area (Å²) >= 11 is 0. The van der Waals surface area contributed by atoms with Crippen LogP contribution in [-0.4, -0.2) is 54.2 Å². The zero-order chi connectivity index (χ0) is 24.8. The summed E-state index contributed by atoms with van der Waals surface area (Å²) in [6.07, 6.45) is 2.65. The minimum Gasteiger partial charge on any atom is -0.481 e. The Labute approximate surface area is 206 Å². The number of nitrogens with one attached hydrogen (secondary N) is 1. The van der Waals surface area contributed by atoms with Crippen molar-refractivity contribution in [3.63, 3.8) is 0 Å². The Morgan fingerprint density at radius 1 is 1.09 bits per heavy atom. The van der Waals surface area contributed by atoms with Gasteiger partial charge in [0.05, 0.1) is 5.92 Å². The molecule has 2 N–H and O–H groups in total. The molecule has 1 aliphatic carbocycles. The summed E-state index contributed by atoms with van der Waals surface area (Å²) < 4.78 is 5.60. The summed E-state index contributed by atoms with van der Waals surface area (Å²) in [6, 6.07) is 16.4. The molecule has 4 rings (SSSR count). The van der Waals surface area contributed by atoms with Gasteiger partial charge in [-0.2, -0.15) is 0 Å². The molecule has 0 aromatic heterocycles. The van der Waals surface area contributed by atoms with Crippen LogP contribution in [0.25, 0.3) is 11.1 Å². The zero-order valence-electron chi connectivity index (χ0n) is 20.2. The lowest BCUT2D eigenvalue weighted by atomic mass is 9.92. The predicted octanol–water partition coefficient (Wildman–Crippen LogP) is 4.65. The van der Waals surface area contributed by atoms with Crippen molar-refractivity contribution < 1.29 is 24.2 Å². The van der Waals surface area contributed by atoms with E-state index in [0.717, 1.165) is 24.0 Å². The number of aliphatic carboxylic acids is 1. The first kappa shape index (κ1) is 24.8. The number of hydrogen-bond donors (Lipinski definition) is 2. The molecule has 0 radical (unpaired) electrons. The fraction of sp³-hybridized carbons (Fsp3) is 0.464. The van der Waals surface area contributed by atoms with Gasteiger partial charge in [0.15, 0.2) is 0 Å². The van der Waals surface area contributed by atoms with E-state index in [1.807, 2.05) is 36.1 Å². The average Bonchev–Trinajstić information content (AvgIpc) is 3.20. The highest BCUT2D eigenvalue weighted by Crippen LogP contribution is 2.44. The molecule has 2 atom stereocenters. The number of carbonyl (C=O) groups excluding carboxylic acids is 2. The monoisotopic (exact) mass is 478 g/mol. The molecule has 1 aliphatic heterocycles. The van der Waals surface area contributed by atoms with Crippen LogP contribution in [-0.2, 0) is 14.3 Å². The first-order valence-electron chi connectivity index (χ1n) is 12.6. The van der Waals surface area contributed by atoms with Crippen molar-refractivity contribution in [2.75, 3.05) is 26.2 Å². The molecular weight excluding hydrogens is 444 g/mol. The van der Waals surface area contributed by atoms with Gasteiger partial charge in [0, 0.05) is 32.0 Å². The highest BCUT2D eigenvalue weighted by Gasteiger charge is 2.30. The summed E-state index contributed by atoms with van der Waals surface area (Å²) in [5.74, 6) is -0.892. The van der Waals surface area contributed by atoms with Crippen LogP contribution in [0.2, 0.25) is 0 Å². The molecule has 2 aromatic rings. The van der Waals surface area contributed by atoms with Crippen LogP contribution in [0.4, 0.5) is 4.79 Å². The van der Waals surface area contributed by atoms with Gasteiger partial charge in [-0.3, -0.25) is 9.59 Å². The number of ether oxygens (including phenoxy) is 1. The van der Waals surface area contributed by atoms with Crippen LogP contribution in [0, 0.1) is 11.8 Å². The zero-order valence-corrected chi connectivity index (χ0v) is 20.2. The van der Waals surface area contributed by atoms with Gasteiger partial charge in [-0.15, -0.1) is 0 Å². The van der Waals surface area contributed by atoms with Gasteiger partial charge in [-0.1, -0.05) is 55.5 Å². The molecule has 7 nitrogen and oxygen atoms in total. The summed E-state index contributed by atoms with van der Waals surface area (Å²) in [5.41, 5.74) is 4.67. The highest BCUT2D eigenvalue weighted by atomic mass is 16.5. The number of nitrogens with zero attached hydrogens (tertiary/aromatic N) is 1. The largest absolute Gasteiger partial charge is 0.481 e. The van der Waals surface area contributed by atoms with Gasteiger partial charge in [0.2, 0.25) is 5.91 Å². The number of likely N-dealkylation sites (tertiary alicyclic amines) is 1. The molecule has 1 saturated heterocycles. The number of piperidine rings is 1. The van der Waals surface area contributed by atoms with E-state index in [1.54, 1.807) is 0 Å². The maximum atomic E-state index is 13.1. The lowest BCUT2D eigenvalue weighted by molar-refractivity contribution is -0.138. The van der Waals surface area contributed by atoms with Gasteiger partial charge < -0.3 is 20.1 Å². The topological polar surface area (TPSA) is 95.9 Å². The third kappa shape index (κ3) is 5.84. The van der Waals surface area contributed by atoms with E-state index in [0.29, 0.717) is 25.9 Å². The molecule has 0 saturated carbocycles. The second-order valence-electron chi connectivity index (χ2n) is 9.54. The van der Waals surface area contributed by atoms with Crippen LogP contribution in [0.1, 0.15) is 56.1 Å². The van der Waals surface area contributed by atoms with Crippen molar-refractivity contribution in [2.45, 2.75) is 44.9 Å². The number of amides is 2. The van der Waals surface area contributed by atoms with Gasteiger partial charge in [0.25, 0.3) is 0 Å². The number of fused-ring (bicyclic) bond motifs is 3. The molecule has 7 heteroatoms. The smallest absolute Gasteiger partial charge is 0.407 e. The molecule has 2 amide bonds. The van der Waals surface area contributed by atoms with Crippen LogP contribution in [0.5, 0.6) is 0 Å². The fourth-order valence-electron chi connectivity index (χ4n) is 5.35. The lowest BCUT2D eigenvalue weighted by Gasteiger charge is -2.34. The molecule has 2 aliphatic rings. The Hall–Kier alpha value is -3.35. The van der Waals surface area contributed by atoms with Crippen molar-refractivity contribution in [1.29, 1.82) is 0 Å². The van der Waals surface area contributed by atoms with E-state index in [4.69, 9.17) is 9.84 Å². The predicted molar refractivity (Wildman–Crippen MR) is 133 cm³/mol. The lowest BCUT2D eigenvalue weighted by Crippen LogP contribution is -2.46. The molecular formula is C28H34N2O5. The number of carboxylic acids is 1. The summed E-state index contributed by atoms with van der Waals surface area (Å²) in [7, 11) is 0. The number of carboxylic acid groups (broad SMARTS) is 1. The number of benzene rings is 2. The average molecular weight is 479 g/mol. The Balaban J connectivity index is 1.29. The van der Waals surface area contributed by atoms with Gasteiger partial charge in [-0.05, 0) is 53.9 Å². The Morgan fingerprint density at radius 3 is 2.37 bits per heavy atom. The van der Waals surface area contributed by atoms with Crippen molar-refractivity contribution in [3.05, 3.63) is 59.7 Å². The first-order chi connectivity index (χ1) is 17.0. The van der Waals surface area contributed by atoms with Crippen LogP contribution < -0.4 is 5.32 Å². The van der Waals surface area contributed by atoms with Gasteiger partial charge >= 0.3 is 12.1 Å². The molecule has 2 aromatic carbocycles. The molecule has 0 bridgehead atoms. The Bertz CT molecular complexity index is 1020. The van der Waals surface area contributed by atoms with E-state index in [9.17, 15) is 14.4 Å². The fourth-order valence-corrected chi connectivity index (χ4v) is 5.35. The first-order valence-corrected chi connectivity index (χ1v) is 12.6. The highest BCUT2D eigenvalue weighted by molar-refractivity contribution is 5.80. The van der Waals surface area contributed by atoms with Crippen LogP contribution in [0.15, 0.2) is 48.5 Å². The third-order valence-corrected chi connectivity index (χ3v) is 7.28. The number of hydrogen-bond acceptors (Lipinski definition) is 4. The number of rotatable bonds is 9. The SMILES string of the molecule is CCC(CNC(=O)OCC1c2ccccc2-c2ccccc21)C(=O)N1CCCC(CCC(=O)O)C1. The molecule has 186 valence electrons. The van der Waals surface area contributed by atoms with E-state index in [2.05, 4.69) is 29.6 Å². The minimum atomic E-state index is -0.799. The Morgan fingerprint density at radius 2 is 1.74 bits per heavy atom. The summed E-state index contributed by atoms with van der Waals surface area (Å²) in [6.45, 7) is 3.68. The van der Waals surface area contributed by atoms with E-state index < -0.39 is 12.1 Å². The number of carbonyl (C=O) groups is 3. The molecule has 0 spiro atoms. The molecule has 1 heterocycles. The quantitative estimate of drug-likeness (QED) is 0.547. The van der Waals surface area contributed by atoms with Crippen LogP contribution >= 0.6 is 0 Å². The number of alkyl carbamates (subject to hydrolysis) is 1. The van der Waals surface area contributed by atoms with Crippen molar-refractivity contribution in [2.24, 2.45) is 11.8 Å². The molecule has 35 heavy (non-hydrogen) atoms. The second kappa shape index (κ2) is 11.4. The third-order valence-electron chi connectivity index (χ3n) is 7.28. The Kier molecular flexibility index (Phi) is 8.06. The summed E-state index contributed by atoms with van der Waals surface area (Å²) in [5, 5.41) is 11.7. The van der Waals surface area contributed by atoms with Gasteiger partial charge in [-0.25, -0.2) is 4.79 Å². The second-order valence-corrected chi connectivity index (χ2v) is 9.54. The summed E-state index contributed by atoms with van der Waals surface area (Å²) in [4.78, 5) is 38.3. The molecule has 2 unspecified atom stereocenters. The van der Waals surface area contributed by atoms with Gasteiger partial charge in [0.1, 0.15) is 6.61 Å². The van der Waals surface area contributed by atoms with Crippen LogP contribution in [0.3, 0.4) is 0 Å². The normalized spacial score (nSPS) is 17.9. The minimum absolute atomic E-state index is 0.00663. The molecule has 1 fully saturated rings. The van der Waals surface area contributed by atoms with E-state index in [-0.39, 0.29) is 43.2 Å². The maximum Gasteiger partial charge on any atom is 0.407 e.